The third-order valence-electron chi connectivity index (χ3n) is 4.02. The van der Waals surface area contributed by atoms with Gasteiger partial charge < -0.3 is 9.47 Å². The number of halogens is 2. The lowest BCUT2D eigenvalue weighted by molar-refractivity contribution is 0.114. The third kappa shape index (κ3) is 9.55. The van der Waals surface area contributed by atoms with Crippen LogP contribution in [0.25, 0.3) is 0 Å². The van der Waals surface area contributed by atoms with Crippen LogP contribution in [0, 0.1) is 0 Å². The minimum Gasteiger partial charge on any atom is -0.377 e. The topological polar surface area (TPSA) is 18.5 Å². The Morgan fingerprint density at radius 2 is 1.08 bits per heavy atom. The lowest BCUT2D eigenvalue weighted by Gasteiger charge is -2.11. The standard InChI is InChI=1S/C20H32Br2O2/c1-3-5-7-9-11-23-15-17-13-20(22)18(14-19(17)21)16-24-12-10-8-6-4-2/h13-14H,3-12,15-16H2,1-2H3. The maximum Gasteiger partial charge on any atom is 0.0728 e. The Bertz CT molecular complexity index is 408. The average molecular weight is 464 g/mol. The van der Waals surface area contributed by atoms with E-state index in [2.05, 4.69) is 57.8 Å². The summed E-state index contributed by atoms with van der Waals surface area (Å²) in [7, 11) is 0. The van der Waals surface area contributed by atoms with Crippen LogP contribution in [0.3, 0.4) is 0 Å². The first kappa shape index (κ1) is 22.1. The van der Waals surface area contributed by atoms with Crippen molar-refractivity contribution >= 4 is 31.9 Å². The summed E-state index contributed by atoms with van der Waals surface area (Å²) in [4.78, 5) is 0. The molecule has 1 aromatic rings. The fraction of sp³-hybridized carbons (Fsp3) is 0.700. The summed E-state index contributed by atoms with van der Waals surface area (Å²) in [5.41, 5.74) is 2.37. The van der Waals surface area contributed by atoms with Crippen molar-refractivity contribution < 1.29 is 9.47 Å². The normalized spacial score (nSPS) is 11.2. The van der Waals surface area contributed by atoms with Crippen LogP contribution in [0.5, 0.6) is 0 Å². The average Bonchev–Trinajstić information content (AvgIpc) is 2.57. The van der Waals surface area contributed by atoms with Crippen molar-refractivity contribution in [1.82, 2.24) is 0 Å². The summed E-state index contributed by atoms with van der Waals surface area (Å²) in [6.45, 7) is 7.45. The molecular formula is C20H32Br2O2. The first-order valence-corrected chi connectivity index (χ1v) is 10.9. The molecule has 0 radical (unpaired) electrons. The Kier molecular flexibility index (Phi) is 13.2. The van der Waals surface area contributed by atoms with Crippen molar-refractivity contribution in [2.75, 3.05) is 13.2 Å². The van der Waals surface area contributed by atoms with Crippen LogP contribution < -0.4 is 0 Å². The van der Waals surface area contributed by atoms with Crippen molar-refractivity contribution in [3.05, 3.63) is 32.2 Å². The molecule has 0 amide bonds. The van der Waals surface area contributed by atoms with E-state index >= 15 is 0 Å². The number of benzene rings is 1. The van der Waals surface area contributed by atoms with Gasteiger partial charge in [-0.2, -0.15) is 0 Å². The highest BCUT2D eigenvalue weighted by molar-refractivity contribution is 9.11. The monoisotopic (exact) mass is 462 g/mol. The maximum absolute atomic E-state index is 5.80. The predicted molar refractivity (Wildman–Crippen MR) is 109 cm³/mol. The van der Waals surface area contributed by atoms with Gasteiger partial charge in [0, 0.05) is 22.2 Å². The van der Waals surface area contributed by atoms with Gasteiger partial charge in [-0.3, -0.25) is 0 Å². The van der Waals surface area contributed by atoms with E-state index in [9.17, 15) is 0 Å². The fourth-order valence-electron chi connectivity index (χ4n) is 2.48. The molecule has 138 valence electrons. The van der Waals surface area contributed by atoms with Crippen molar-refractivity contribution in [2.24, 2.45) is 0 Å². The van der Waals surface area contributed by atoms with Gasteiger partial charge in [-0.05, 0) is 36.1 Å². The summed E-state index contributed by atoms with van der Waals surface area (Å²) in [6.07, 6.45) is 9.94. The van der Waals surface area contributed by atoms with Gasteiger partial charge in [0.25, 0.3) is 0 Å². The summed E-state index contributed by atoms with van der Waals surface area (Å²) < 4.78 is 13.8. The molecule has 0 heterocycles. The molecule has 0 aliphatic rings. The molecule has 1 aromatic carbocycles. The zero-order chi connectivity index (χ0) is 17.6. The number of hydrogen-bond acceptors (Lipinski definition) is 2. The molecular weight excluding hydrogens is 432 g/mol. The minimum absolute atomic E-state index is 0.656. The first-order valence-electron chi connectivity index (χ1n) is 9.31. The fourth-order valence-corrected chi connectivity index (χ4v) is 3.49. The quantitative estimate of drug-likeness (QED) is 0.267. The van der Waals surface area contributed by atoms with E-state index in [1.54, 1.807) is 0 Å². The van der Waals surface area contributed by atoms with Crippen LogP contribution in [0.4, 0.5) is 0 Å². The number of unbranched alkanes of at least 4 members (excludes halogenated alkanes) is 6. The summed E-state index contributed by atoms with van der Waals surface area (Å²) in [6, 6.07) is 4.29. The highest BCUT2D eigenvalue weighted by Gasteiger charge is 2.07. The molecule has 0 spiro atoms. The summed E-state index contributed by atoms with van der Waals surface area (Å²) in [5, 5.41) is 0. The van der Waals surface area contributed by atoms with Crippen LogP contribution in [0.2, 0.25) is 0 Å². The Balaban J connectivity index is 2.33. The summed E-state index contributed by atoms with van der Waals surface area (Å²) >= 11 is 7.32. The van der Waals surface area contributed by atoms with Crippen molar-refractivity contribution in [3.8, 4) is 0 Å². The molecule has 0 fully saturated rings. The van der Waals surface area contributed by atoms with Gasteiger partial charge in [0.05, 0.1) is 13.2 Å². The molecule has 0 aromatic heterocycles. The van der Waals surface area contributed by atoms with E-state index in [-0.39, 0.29) is 0 Å². The van der Waals surface area contributed by atoms with Gasteiger partial charge in [0.2, 0.25) is 0 Å². The lowest BCUT2D eigenvalue weighted by atomic mass is 10.1. The smallest absolute Gasteiger partial charge is 0.0728 e. The van der Waals surface area contributed by atoms with Crippen LogP contribution in [0.1, 0.15) is 76.3 Å². The molecule has 0 unspecified atom stereocenters. The van der Waals surface area contributed by atoms with Gasteiger partial charge in [-0.25, -0.2) is 0 Å². The maximum atomic E-state index is 5.80. The largest absolute Gasteiger partial charge is 0.377 e. The predicted octanol–water partition coefficient (Wildman–Crippen LogP) is 7.41. The van der Waals surface area contributed by atoms with E-state index in [0.29, 0.717) is 13.2 Å². The van der Waals surface area contributed by atoms with E-state index in [4.69, 9.17) is 9.47 Å². The summed E-state index contributed by atoms with van der Waals surface area (Å²) in [5.74, 6) is 0. The van der Waals surface area contributed by atoms with Gasteiger partial charge >= 0.3 is 0 Å². The molecule has 0 aliphatic carbocycles. The molecule has 2 nitrogen and oxygen atoms in total. The van der Waals surface area contributed by atoms with Gasteiger partial charge in [-0.1, -0.05) is 84.2 Å². The number of rotatable bonds is 14. The molecule has 0 saturated carbocycles. The van der Waals surface area contributed by atoms with E-state index in [1.165, 1.54) is 49.7 Å². The molecule has 0 aliphatic heterocycles. The molecule has 0 bridgehead atoms. The molecule has 0 N–H and O–H groups in total. The third-order valence-corrected chi connectivity index (χ3v) is 5.49. The zero-order valence-electron chi connectivity index (χ0n) is 15.2. The van der Waals surface area contributed by atoms with E-state index < -0.39 is 0 Å². The van der Waals surface area contributed by atoms with Crippen molar-refractivity contribution in [3.63, 3.8) is 0 Å². The van der Waals surface area contributed by atoms with Gasteiger partial charge in [0.1, 0.15) is 0 Å². The minimum atomic E-state index is 0.656. The van der Waals surface area contributed by atoms with E-state index in [0.717, 1.165) is 35.0 Å². The van der Waals surface area contributed by atoms with Crippen LogP contribution in [0.15, 0.2) is 21.1 Å². The second kappa shape index (κ2) is 14.3. The zero-order valence-corrected chi connectivity index (χ0v) is 18.4. The molecule has 1 rings (SSSR count). The Morgan fingerprint density at radius 1 is 0.667 bits per heavy atom. The number of hydrogen-bond donors (Lipinski definition) is 0. The second-order valence-electron chi connectivity index (χ2n) is 6.26. The Hall–Kier alpha value is 0.1000. The van der Waals surface area contributed by atoms with E-state index in [1.807, 2.05) is 0 Å². The van der Waals surface area contributed by atoms with Gasteiger partial charge in [-0.15, -0.1) is 0 Å². The highest BCUT2D eigenvalue weighted by Crippen LogP contribution is 2.27. The molecule has 0 atom stereocenters. The first-order chi connectivity index (χ1) is 11.7. The highest BCUT2D eigenvalue weighted by atomic mass is 79.9. The molecule has 4 heteroatoms. The molecule has 24 heavy (non-hydrogen) atoms. The van der Waals surface area contributed by atoms with Crippen molar-refractivity contribution in [2.45, 2.75) is 78.4 Å². The lowest BCUT2D eigenvalue weighted by Crippen LogP contribution is -2.00. The van der Waals surface area contributed by atoms with Crippen molar-refractivity contribution in [1.29, 1.82) is 0 Å². The Morgan fingerprint density at radius 3 is 1.46 bits per heavy atom. The van der Waals surface area contributed by atoms with Crippen LogP contribution in [-0.4, -0.2) is 13.2 Å². The van der Waals surface area contributed by atoms with Crippen LogP contribution >= 0.6 is 31.9 Å². The SMILES string of the molecule is CCCCCCOCc1cc(Br)c(COCCCCCC)cc1Br. The van der Waals surface area contributed by atoms with Gasteiger partial charge in [0.15, 0.2) is 0 Å². The second-order valence-corrected chi connectivity index (χ2v) is 7.97. The number of ether oxygens (including phenoxy) is 2. The Labute approximate surface area is 165 Å². The molecule has 0 saturated heterocycles. The van der Waals surface area contributed by atoms with Crippen LogP contribution in [-0.2, 0) is 22.7 Å².